The quantitative estimate of drug-likeness (QED) is 0.681. The second kappa shape index (κ2) is 6.01. The van der Waals surface area contributed by atoms with Gasteiger partial charge < -0.3 is 15.2 Å². The van der Waals surface area contributed by atoms with Gasteiger partial charge in [-0.05, 0) is 26.2 Å². The van der Waals surface area contributed by atoms with Crippen molar-refractivity contribution >= 4 is 34.9 Å². The predicted octanol–water partition coefficient (Wildman–Crippen LogP) is 2.97. The van der Waals surface area contributed by atoms with Crippen LogP contribution in [-0.4, -0.2) is 23.2 Å². The van der Waals surface area contributed by atoms with E-state index in [9.17, 15) is 9.18 Å². The third-order valence-electron chi connectivity index (χ3n) is 3.00. The Bertz CT molecular complexity index is 538. The summed E-state index contributed by atoms with van der Waals surface area (Å²) in [4.78, 5) is 15.2. The zero-order valence-electron chi connectivity index (χ0n) is 10.7. The second-order valence-electron chi connectivity index (χ2n) is 4.50. The fraction of sp³-hybridized carbons (Fsp3) is 0.500. The highest BCUT2D eigenvalue weighted by atomic mass is 35.5. The van der Waals surface area contributed by atoms with E-state index in [0.29, 0.717) is 0 Å². The first kappa shape index (κ1) is 15.1. The lowest BCUT2D eigenvalue weighted by Crippen LogP contribution is -2.33. The van der Waals surface area contributed by atoms with Crippen molar-refractivity contribution < 1.29 is 18.7 Å². The third kappa shape index (κ3) is 3.07. The summed E-state index contributed by atoms with van der Waals surface area (Å²) in [5.41, 5.74) is 5.32. The van der Waals surface area contributed by atoms with E-state index in [2.05, 4.69) is 4.98 Å². The van der Waals surface area contributed by atoms with Crippen LogP contribution in [-0.2, 0) is 9.53 Å². The lowest BCUT2D eigenvalue weighted by atomic mass is 9.96. The minimum absolute atomic E-state index is 0.0657. The lowest BCUT2D eigenvalue weighted by Gasteiger charge is -2.26. The van der Waals surface area contributed by atoms with E-state index in [4.69, 9.17) is 38.4 Å². The topological polar surface area (TPSA) is 74.4 Å². The molecular weight excluding hydrogens is 310 g/mol. The molecule has 1 aliphatic rings. The summed E-state index contributed by atoms with van der Waals surface area (Å²) in [6.45, 7) is 1.46. The van der Waals surface area contributed by atoms with Gasteiger partial charge in [0.05, 0.1) is 5.69 Å². The SMILES string of the molecule is C[C@@H](Oc1nc(F)c(Cl)c(N)c1Cl)C(=O)OC1CCC1. The average molecular weight is 323 g/mol. The number of pyridine rings is 1. The number of esters is 1. The molecule has 0 bridgehead atoms. The van der Waals surface area contributed by atoms with Crippen LogP contribution in [0.3, 0.4) is 0 Å². The van der Waals surface area contributed by atoms with E-state index >= 15 is 0 Å². The van der Waals surface area contributed by atoms with Crippen molar-refractivity contribution in [1.29, 1.82) is 0 Å². The Balaban J connectivity index is 2.07. The summed E-state index contributed by atoms with van der Waals surface area (Å²) >= 11 is 11.4. The summed E-state index contributed by atoms with van der Waals surface area (Å²) < 4.78 is 23.7. The number of carbonyl (C=O) groups excluding carboxylic acids is 1. The molecule has 5 nitrogen and oxygen atoms in total. The van der Waals surface area contributed by atoms with Crippen molar-refractivity contribution in [2.45, 2.75) is 38.4 Å². The normalized spacial score (nSPS) is 16.4. The Labute approximate surface area is 125 Å². The summed E-state index contributed by atoms with van der Waals surface area (Å²) in [5, 5.41) is -0.522. The van der Waals surface area contributed by atoms with Gasteiger partial charge in [-0.3, -0.25) is 0 Å². The molecule has 1 aromatic rings. The number of hydrogen-bond donors (Lipinski definition) is 1. The molecule has 0 spiro atoms. The van der Waals surface area contributed by atoms with Crippen LogP contribution in [0.1, 0.15) is 26.2 Å². The summed E-state index contributed by atoms with van der Waals surface area (Å²) in [5.74, 6) is -1.85. The van der Waals surface area contributed by atoms with Gasteiger partial charge in [0.15, 0.2) is 6.10 Å². The number of hydrogen-bond acceptors (Lipinski definition) is 5. The first-order chi connectivity index (χ1) is 9.40. The van der Waals surface area contributed by atoms with Crippen molar-refractivity contribution in [3.05, 3.63) is 16.0 Å². The van der Waals surface area contributed by atoms with Crippen molar-refractivity contribution in [3.8, 4) is 5.88 Å². The van der Waals surface area contributed by atoms with Crippen molar-refractivity contribution in [3.63, 3.8) is 0 Å². The molecule has 1 aromatic heterocycles. The van der Waals surface area contributed by atoms with Gasteiger partial charge in [0.1, 0.15) is 16.1 Å². The van der Waals surface area contributed by atoms with Gasteiger partial charge in [-0.1, -0.05) is 23.2 Å². The fourth-order valence-corrected chi connectivity index (χ4v) is 1.92. The van der Waals surface area contributed by atoms with Gasteiger partial charge in [0.2, 0.25) is 11.8 Å². The van der Waals surface area contributed by atoms with E-state index < -0.39 is 18.0 Å². The summed E-state index contributed by atoms with van der Waals surface area (Å²) in [6, 6.07) is 0. The molecule has 0 saturated heterocycles. The molecule has 2 N–H and O–H groups in total. The van der Waals surface area contributed by atoms with Crippen LogP contribution in [0.15, 0.2) is 0 Å². The number of aromatic nitrogens is 1. The van der Waals surface area contributed by atoms with Gasteiger partial charge in [-0.25, -0.2) is 4.79 Å². The number of carbonyl (C=O) groups is 1. The molecule has 110 valence electrons. The van der Waals surface area contributed by atoms with Gasteiger partial charge in [-0.2, -0.15) is 9.37 Å². The molecule has 0 aromatic carbocycles. The zero-order valence-corrected chi connectivity index (χ0v) is 12.2. The van der Waals surface area contributed by atoms with E-state index in [1.165, 1.54) is 6.92 Å². The standard InChI is InChI=1S/C12H13Cl2FN2O3/c1-5(12(18)20-6-3-2-4-6)19-11-8(14)9(16)7(13)10(15)17-11/h5-6H,2-4H2,1H3,(H2,16,17)/t5-/m1/s1. The molecule has 1 atom stereocenters. The molecular formula is C12H13Cl2FN2O3. The van der Waals surface area contributed by atoms with E-state index in [1.807, 2.05) is 0 Å². The number of ether oxygens (including phenoxy) is 2. The third-order valence-corrected chi connectivity index (χ3v) is 3.72. The maximum atomic E-state index is 13.4. The molecule has 1 saturated carbocycles. The number of nitrogen functional groups attached to an aromatic ring is 1. The van der Waals surface area contributed by atoms with Crippen molar-refractivity contribution in [2.75, 3.05) is 5.73 Å². The molecule has 1 aliphatic carbocycles. The number of rotatable bonds is 4. The predicted molar refractivity (Wildman–Crippen MR) is 72.4 cm³/mol. The van der Waals surface area contributed by atoms with Crippen LogP contribution >= 0.6 is 23.2 Å². The van der Waals surface area contributed by atoms with Crippen LogP contribution in [0.4, 0.5) is 10.1 Å². The molecule has 20 heavy (non-hydrogen) atoms. The smallest absolute Gasteiger partial charge is 0.347 e. The van der Waals surface area contributed by atoms with Gasteiger partial charge in [0.25, 0.3) is 0 Å². The Morgan fingerprint density at radius 2 is 2.10 bits per heavy atom. The van der Waals surface area contributed by atoms with Crippen LogP contribution < -0.4 is 10.5 Å². The van der Waals surface area contributed by atoms with Gasteiger partial charge in [0, 0.05) is 0 Å². The highest BCUT2D eigenvalue weighted by molar-refractivity contribution is 6.39. The lowest BCUT2D eigenvalue weighted by molar-refractivity contribution is -0.160. The maximum absolute atomic E-state index is 13.4. The second-order valence-corrected chi connectivity index (χ2v) is 5.26. The molecule has 0 unspecified atom stereocenters. The number of nitrogens with two attached hydrogens (primary N) is 1. The highest BCUT2D eigenvalue weighted by Crippen LogP contribution is 2.35. The molecule has 2 rings (SSSR count). The number of anilines is 1. The minimum Gasteiger partial charge on any atom is -0.461 e. The Kier molecular flexibility index (Phi) is 4.55. The van der Waals surface area contributed by atoms with Gasteiger partial charge >= 0.3 is 5.97 Å². The van der Waals surface area contributed by atoms with Crippen molar-refractivity contribution in [1.82, 2.24) is 4.98 Å². The number of halogens is 3. The summed E-state index contributed by atoms with van der Waals surface area (Å²) in [7, 11) is 0. The Morgan fingerprint density at radius 1 is 1.45 bits per heavy atom. The molecule has 8 heteroatoms. The zero-order chi connectivity index (χ0) is 14.9. The molecule has 0 amide bonds. The molecule has 0 aliphatic heterocycles. The minimum atomic E-state index is -1.01. The van der Waals surface area contributed by atoms with Gasteiger partial charge in [-0.15, -0.1) is 0 Å². The van der Waals surface area contributed by atoms with E-state index in [0.717, 1.165) is 19.3 Å². The van der Waals surface area contributed by atoms with E-state index in [-0.39, 0.29) is 27.7 Å². The van der Waals surface area contributed by atoms with Crippen LogP contribution in [0, 0.1) is 5.95 Å². The highest BCUT2D eigenvalue weighted by Gasteiger charge is 2.27. The first-order valence-electron chi connectivity index (χ1n) is 6.07. The summed E-state index contributed by atoms with van der Waals surface area (Å²) in [6.07, 6.45) is 1.70. The molecule has 1 fully saturated rings. The average Bonchev–Trinajstić information content (AvgIpc) is 2.37. The van der Waals surface area contributed by atoms with Crippen molar-refractivity contribution in [2.24, 2.45) is 0 Å². The van der Waals surface area contributed by atoms with Crippen LogP contribution in [0.5, 0.6) is 5.88 Å². The molecule has 0 radical (unpaired) electrons. The fourth-order valence-electron chi connectivity index (χ4n) is 1.55. The van der Waals surface area contributed by atoms with Crippen LogP contribution in [0.2, 0.25) is 10.0 Å². The largest absolute Gasteiger partial charge is 0.461 e. The Morgan fingerprint density at radius 3 is 2.65 bits per heavy atom. The van der Waals surface area contributed by atoms with Crippen LogP contribution in [0.25, 0.3) is 0 Å². The number of nitrogens with zero attached hydrogens (tertiary/aromatic N) is 1. The maximum Gasteiger partial charge on any atom is 0.347 e. The van der Waals surface area contributed by atoms with E-state index in [1.54, 1.807) is 0 Å². The monoisotopic (exact) mass is 322 g/mol. The first-order valence-corrected chi connectivity index (χ1v) is 6.83. The Hall–Kier alpha value is -1.27. The molecule has 1 heterocycles.